The Balaban J connectivity index is 1.14. The van der Waals surface area contributed by atoms with Crippen LogP contribution < -0.4 is 10.2 Å². The molecule has 0 atom stereocenters. The number of hydrogen-bond donors (Lipinski definition) is 1. The molecule has 4 heteroatoms. The third-order valence-corrected chi connectivity index (χ3v) is 6.36. The first-order chi connectivity index (χ1) is 15.8. The predicted octanol–water partition coefficient (Wildman–Crippen LogP) is 5.84. The highest BCUT2D eigenvalue weighted by Crippen LogP contribution is 2.44. The number of benzene rings is 3. The molecule has 0 saturated carbocycles. The SMILES string of the molecule is O=C(NCC=Cc1cccc(N2CCCC2)c1)OCC1c2ccccc2-c2ccccc21. The van der Waals surface area contributed by atoms with Gasteiger partial charge >= 0.3 is 6.09 Å². The van der Waals surface area contributed by atoms with Crippen LogP contribution in [0.4, 0.5) is 10.5 Å². The average molecular weight is 425 g/mol. The summed E-state index contributed by atoms with van der Waals surface area (Å²) in [5, 5.41) is 2.84. The summed E-state index contributed by atoms with van der Waals surface area (Å²) in [6.45, 7) is 3.04. The van der Waals surface area contributed by atoms with Gasteiger partial charge in [-0.3, -0.25) is 0 Å². The van der Waals surface area contributed by atoms with Gasteiger partial charge in [-0.1, -0.05) is 72.8 Å². The van der Waals surface area contributed by atoms with E-state index < -0.39 is 0 Å². The highest BCUT2D eigenvalue weighted by Gasteiger charge is 2.28. The minimum atomic E-state index is -0.387. The van der Waals surface area contributed by atoms with Gasteiger partial charge in [0.05, 0.1) is 0 Å². The molecule has 0 aromatic heterocycles. The summed E-state index contributed by atoms with van der Waals surface area (Å²) in [5.74, 6) is 0.0806. The molecule has 1 N–H and O–H groups in total. The first-order valence-corrected chi connectivity index (χ1v) is 11.4. The zero-order valence-corrected chi connectivity index (χ0v) is 18.2. The smallest absolute Gasteiger partial charge is 0.407 e. The summed E-state index contributed by atoms with van der Waals surface area (Å²) in [6, 6.07) is 25.3. The van der Waals surface area contributed by atoms with Crippen LogP contribution in [0.2, 0.25) is 0 Å². The minimum absolute atomic E-state index is 0.0806. The number of nitrogens with one attached hydrogen (secondary N) is 1. The van der Waals surface area contributed by atoms with Crippen molar-refractivity contribution in [3.05, 3.63) is 95.6 Å². The van der Waals surface area contributed by atoms with E-state index in [0.29, 0.717) is 13.2 Å². The van der Waals surface area contributed by atoms with E-state index in [2.05, 4.69) is 70.9 Å². The molecule has 0 unspecified atom stereocenters. The highest BCUT2D eigenvalue weighted by atomic mass is 16.5. The highest BCUT2D eigenvalue weighted by molar-refractivity contribution is 5.79. The maximum Gasteiger partial charge on any atom is 0.407 e. The second kappa shape index (κ2) is 9.31. The lowest BCUT2D eigenvalue weighted by Crippen LogP contribution is -2.26. The molecule has 3 aromatic rings. The largest absolute Gasteiger partial charge is 0.449 e. The van der Waals surface area contributed by atoms with E-state index in [4.69, 9.17) is 4.74 Å². The molecule has 3 aromatic carbocycles. The van der Waals surface area contributed by atoms with E-state index in [-0.39, 0.29) is 12.0 Å². The van der Waals surface area contributed by atoms with Gasteiger partial charge in [-0.2, -0.15) is 0 Å². The molecule has 162 valence electrons. The minimum Gasteiger partial charge on any atom is -0.449 e. The Morgan fingerprint density at radius 2 is 1.62 bits per heavy atom. The van der Waals surface area contributed by atoms with Crippen LogP contribution in [0, 0.1) is 0 Å². The van der Waals surface area contributed by atoms with Crippen molar-refractivity contribution in [1.29, 1.82) is 0 Å². The molecule has 4 nitrogen and oxygen atoms in total. The van der Waals surface area contributed by atoms with E-state index in [1.807, 2.05) is 24.3 Å². The molecule has 1 aliphatic carbocycles. The summed E-state index contributed by atoms with van der Waals surface area (Å²) in [4.78, 5) is 14.7. The lowest BCUT2D eigenvalue weighted by Gasteiger charge is -2.17. The molecule has 0 spiro atoms. The maximum absolute atomic E-state index is 12.3. The molecule has 5 rings (SSSR count). The van der Waals surface area contributed by atoms with Gasteiger partial charge in [-0.05, 0) is 52.8 Å². The molecule has 0 bridgehead atoms. The molecule has 0 radical (unpaired) electrons. The summed E-state index contributed by atoms with van der Waals surface area (Å²) in [5.41, 5.74) is 7.32. The van der Waals surface area contributed by atoms with E-state index in [1.54, 1.807) is 0 Å². The number of alkyl carbamates (subject to hydrolysis) is 1. The number of amides is 1. The van der Waals surface area contributed by atoms with Crippen LogP contribution in [0.3, 0.4) is 0 Å². The lowest BCUT2D eigenvalue weighted by atomic mass is 9.98. The molecule has 1 fully saturated rings. The first-order valence-electron chi connectivity index (χ1n) is 11.4. The maximum atomic E-state index is 12.3. The van der Waals surface area contributed by atoms with Crippen molar-refractivity contribution in [2.75, 3.05) is 31.1 Å². The summed E-state index contributed by atoms with van der Waals surface area (Å²) >= 11 is 0. The Morgan fingerprint density at radius 1 is 0.938 bits per heavy atom. The quantitative estimate of drug-likeness (QED) is 0.541. The monoisotopic (exact) mass is 424 g/mol. The molecular formula is C28H28N2O2. The molecule has 1 saturated heterocycles. The van der Waals surface area contributed by atoms with E-state index in [0.717, 1.165) is 18.7 Å². The Labute approximate surface area is 189 Å². The first kappa shape index (κ1) is 20.4. The number of carbonyl (C=O) groups excluding carboxylic acids is 1. The summed E-state index contributed by atoms with van der Waals surface area (Å²) < 4.78 is 5.59. The van der Waals surface area contributed by atoms with Crippen molar-refractivity contribution in [2.24, 2.45) is 0 Å². The van der Waals surface area contributed by atoms with Gasteiger partial charge in [0, 0.05) is 31.2 Å². The van der Waals surface area contributed by atoms with Gasteiger partial charge < -0.3 is 15.0 Å². The molecule has 1 heterocycles. The molecule has 1 aliphatic heterocycles. The number of rotatable bonds is 6. The number of ether oxygens (including phenoxy) is 1. The van der Waals surface area contributed by atoms with Crippen molar-refractivity contribution in [1.82, 2.24) is 5.32 Å². The van der Waals surface area contributed by atoms with Crippen LogP contribution in [-0.4, -0.2) is 32.3 Å². The van der Waals surface area contributed by atoms with Crippen LogP contribution in [-0.2, 0) is 4.74 Å². The van der Waals surface area contributed by atoms with Gasteiger partial charge in [0.1, 0.15) is 6.61 Å². The lowest BCUT2D eigenvalue weighted by molar-refractivity contribution is 0.144. The topological polar surface area (TPSA) is 41.6 Å². The van der Waals surface area contributed by atoms with E-state index >= 15 is 0 Å². The fourth-order valence-corrected chi connectivity index (χ4v) is 4.79. The van der Waals surface area contributed by atoms with Crippen LogP contribution in [0.5, 0.6) is 0 Å². The standard InChI is InChI=1S/C28H28N2O2/c31-28(29-16-8-10-21-9-7-11-22(19-21)30-17-5-6-18-30)32-20-27-25-14-3-1-12-23(25)24-13-2-4-15-26(24)27/h1-4,7-15,19,27H,5-6,16-18,20H2,(H,29,31). The van der Waals surface area contributed by atoms with Gasteiger partial charge in [-0.25, -0.2) is 4.79 Å². The van der Waals surface area contributed by atoms with Crippen LogP contribution in [0.25, 0.3) is 17.2 Å². The number of carbonyl (C=O) groups is 1. The van der Waals surface area contributed by atoms with Crippen molar-refractivity contribution in [3.63, 3.8) is 0 Å². The normalized spacial score (nSPS) is 15.1. The number of anilines is 1. The molecule has 32 heavy (non-hydrogen) atoms. The number of fused-ring (bicyclic) bond motifs is 3. The second-order valence-corrected chi connectivity index (χ2v) is 8.40. The van der Waals surface area contributed by atoms with Crippen LogP contribution in [0.1, 0.15) is 35.4 Å². The fourth-order valence-electron chi connectivity index (χ4n) is 4.79. The van der Waals surface area contributed by atoms with Crippen molar-refractivity contribution < 1.29 is 9.53 Å². The number of nitrogens with zero attached hydrogens (tertiary/aromatic N) is 1. The number of hydrogen-bond acceptors (Lipinski definition) is 3. The Bertz CT molecular complexity index is 1090. The average Bonchev–Trinajstić information content (AvgIpc) is 3.48. The molecular weight excluding hydrogens is 396 g/mol. The second-order valence-electron chi connectivity index (χ2n) is 8.40. The van der Waals surface area contributed by atoms with Gasteiger partial charge in [0.15, 0.2) is 0 Å². The fraction of sp³-hybridized carbons (Fsp3) is 0.250. The van der Waals surface area contributed by atoms with Crippen molar-refractivity contribution in [2.45, 2.75) is 18.8 Å². The van der Waals surface area contributed by atoms with Gasteiger partial charge in [-0.15, -0.1) is 0 Å². The van der Waals surface area contributed by atoms with Crippen LogP contribution in [0.15, 0.2) is 78.9 Å². The third-order valence-electron chi connectivity index (χ3n) is 6.36. The summed E-state index contributed by atoms with van der Waals surface area (Å²) in [6.07, 6.45) is 6.16. The molecule has 1 amide bonds. The Morgan fingerprint density at radius 3 is 2.34 bits per heavy atom. The third kappa shape index (κ3) is 4.26. The molecule has 2 aliphatic rings. The van der Waals surface area contributed by atoms with E-state index in [1.165, 1.54) is 40.8 Å². The summed E-state index contributed by atoms with van der Waals surface area (Å²) in [7, 11) is 0. The predicted molar refractivity (Wildman–Crippen MR) is 130 cm³/mol. The van der Waals surface area contributed by atoms with E-state index in [9.17, 15) is 4.79 Å². The zero-order valence-electron chi connectivity index (χ0n) is 18.2. The Hall–Kier alpha value is -3.53. The van der Waals surface area contributed by atoms with Crippen LogP contribution >= 0.6 is 0 Å². The van der Waals surface area contributed by atoms with Gasteiger partial charge in [0.2, 0.25) is 0 Å². The van der Waals surface area contributed by atoms with Crippen molar-refractivity contribution in [3.8, 4) is 11.1 Å². The Kier molecular flexibility index (Phi) is 5.93. The van der Waals surface area contributed by atoms with Crippen molar-refractivity contribution >= 4 is 17.9 Å². The van der Waals surface area contributed by atoms with Gasteiger partial charge in [0.25, 0.3) is 0 Å². The zero-order chi connectivity index (χ0) is 21.8.